The van der Waals surface area contributed by atoms with Crippen molar-refractivity contribution in [2.24, 2.45) is 11.7 Å². The highest BCUT2D eigenvalue weighted by molar-refractivity contribution is 9.10. The molecular formula is C13H18BrNO2. The highest BCUT2D eigenvalue weighted by Crippen LogP contribution is 2.21. The molecule has 1 aromatic carbocycles. The molecule has 0 aromatic heterocycles. The molecule has 2 unspecified atom stereocenters. The zero-order valence-corrected chi connectivity index (χ0v) is 11.4. The normalized spacial score (nSPS) is 21.6. The Morgan fingerprint density at radius 1 is 1.41 bits per heavy atom. The van der Waals surface area contributed by atoms with E-state index >= 15 is 0 Å². The number of nitrogens with two attached hydrogens (primary N) is 1. The first-order chi connectivity index (χ1) is 8.29. The topological polar surface area (TPSA) is 44.5 Å². The maximum atomic E-state index is 5.88. The molecule has 1 aromatic rings. The Morgan fingerprint density at radius 2 is 2.18 bits per heavy atom. The molecule has 0 aliphatic carbocycles. The SMILES string of the molecule is NCC(OCC1CCOC1)c1ccc(Br)cc1. The van der Waals surface area contributed by atoms with Crippen LogP contribution in [-0.2, 0) is 9.47 Å². The molecule has 1 fully saturated rings. The van der Waals surface area contributed by atoms with Crippen LogP contribution < -0.4 is 5.73 Å². The minimum atomic E-state index is -0.0105. The molecule has 0 spiro atoms. The third-order valence-electron chi connectivity index (χ3n) is 3.01. The summed E-state index contributed by atoms with van der Waals surface area (Å²) in [6.07, 6.45) is 1.08. The van der Waals surface area contributed by atoms with Crippen LogP contribution in [0.4, 0.5) is 0 Å². The number of ether oxygens (including phenoxy) is 2. The molecule has 0 radical (unpaired) electrons. The van der Waals surface area contributed by atoms with E-state index in [0.29, 0.717) is 12.5 Å². The van der Waals surface area contributed by atoms with Gasteiger partial charge in [0.05, 0.1) is 19.3 Å². The van der Waals surface area contributed by atoms with E-state index < -0.39 is 0 Å². The van der Waals surface area contributed by atoms with E-state index in [1.54, 1.807) is 0 Å². The lowest BCUT2D eigenvalue weighted by atomic mass is 10.1. The fourth-order valence-electron chi connectivity index (χ4n) is 1.94. The van der Waals surface area contributed by atoms with Crippen LogP contribution in [0.1, 0.15) is 18.1 Å². The van der Waals surface area contributed by atoms with Gasteiger partial charge < -0.3 is 15.2 Å². The second-order valence-corrected chi connectivity index (χ2v) is 5.25. The van der Waals surface area contributed by atoms with E-state index in [2.05, 4.69) is 15.9 Å². The van der Waals surface area contributed by atoms with E-state index in [9.17, 15) is 0 Å². The van der Waals surface area contributed by atoms with Gasteiger partial charge in [0, 0.05) is 23.5 Å². The predicted molar refractivity (Wildman–Crippen MR) is 70.8 cm³/mol. The van der Waals surface area contributed by atoms with Crippen LogP contribution in [0.3, 0.4) is 0 Å². The van der Waals surface area contributed by atoms with Crippen LogP contribution in [0, 0.1) is 5.92 Å². The maximum Gasteiger partial charge on any atom is 0.0947 e. The Hall–Kier alpha value is -0.420. The fourth-order valence-corrected chi connectivity index (χ4v) is 2.21. The van der Waals surface area contributed by atoms with Gasteiger partial charge in [0.2, 0.25) is 0 Å². The van der Waals surface area contributed by atoms with Gasteiger partial charge in [-0.2, -0.15) is 0 Å². The Labute approximate surface area is 110 Å². The average Bonchev–Trinajstić information content (AvgIpc) is 2.85. The molecule has 0 amide bonds. The van der Waals surface area contributed by atoms with Crippen molar-refractivity contribution >= 4 is 15.9 Å². The molecule has 0 saturated carbocycles. The Kier molecular flexibility index (Phi) is 4.98. The van der Waals surface area contributed by atoms with Crippen LogP contribution in [0.5, 0.6) is 0 Å². The van der Waals surface area contributed by atoms with Crippen molar-refractivity contribution < 1.29 is 9.47 Å². The lowest BCUT2D eigenvalue weighted by Gasteiger charge is -2.18. The lowest BCUT2D eigenvalue weighted by Crippen LogP contribution is -2.19. The largest absolute Gasteiger partial charge is 0.381 e. The minimum Gasteiger partial charge on any atom is -0.381 e. The van der Waals surface area contributed by atoms with Crippen molar-refractivity contribution in [2.75, 3.05) is 26.4 Å². The van der Waals surface area contributed by atoms with Gasteiger partial charge in [0.25, 0.3) is 0 Å². The zero-order chi connectivity index (χ0) is 12.1. The molecule has 2 N–H and O–H groups in total. The highest BCUT2D eigenvalue weighted by Gasteiger charge is 2.18. The van der Waals surface area contributed by atoms with Gasteiger partial charge in [-0.25, -0.2) is 0 Å². The van der Waals surface area contributed by atoms with Crippen LogP contribution in [0.15, 0.2) is 28.7 Å². The molecule has 94 valence electrons. The first-order valence-corrected chi connectivity index (χ1v) is 6.73. The van der Waals surface area contributed by atoms with Crippen molar-refractivity contribution in [3.05, 3.63) is 34.3 Å². The molecule has 3 nitrogen and oxygen atoms in total. The summed E-state index contributed by atoms with van der Waals surface area (Å²) in [6.45, 7) is 2.92. The molecule has 2 rings (SSSR count). The van der Waals surface area contributed by atoms with Crippen molar-refractivity contribution in [3.63, 3.8) is 0 Å². The van der Waals surface area contributed by atoms with Crippen LogP contribution in [-0.4, -0.2) is 26.4 Å². The molecule has 0 bridgehead atoms. The Balaban J connectivity index is 1.89. The number of benzene rings is 1. The summed E-state index contributed by atoms with van der Waals surface area (Å²) in [7, 11) is 0. The van der Waals surface area contributed by atoms with E-state index in [0.717, 1.165) is 36.3 Å². The van der Waals surface area contributed by atoms with Gasteiger partial charge in [0.1, 0.15) is 0 Å². The predicted octanol–water partition coefficient (Wildman–Crippen LogP) is 2.50. The Morgan fingerprint density at radius 3 is 2.76 bits per heavy atom. The second kappa shape index (κ2) is 6.50. The second-order valence-electron chi connectivity index (χ2n) is 4.34. The van der Waals surface area contributed by atoms with Crippen LogP contribution >= 0.6 is 15.9 Å². The number of rotatable bonds is 5. The van der Waals surface area contributed by atoms with Gasteiger partial charge in [-0.15, -0.1) is 0 Å². The summed E-state index contributed by atoms with van der Waals surface area (Å²) in [6, 6.07) is 8.12. The fraction of sp³-hybridized carbons (Fsp3) is 0.538. The maximum absolute atomic E-state index is 5.88. The molecule has 17 heavy (non-hydrogen) atoms. The highest BCUT2D eigenvalue weighted by atomic mass is 79.9. The van der Waals surface area contributed by atoms with Crippen molar-refractivity contribution in [1.82, 2.24) is 0 Å². The summed E-state index contributed by atoms with van der Waals surface area (Å²) in [5.74, 6) is 0.527. The molecule has 1 heterocycles. The average molecular weight is 300 g/mol. The summed E-state index contributed by atoms with van der Waals surface area (Å²) >= 11 is 3.42. The monoisotopic (exact) mass is 299 g/mol. The zero-order valence-electron chi connectivity index (χ0n) is 9.77. The van der Waals surface area contributed by atoms with E-state index in [1.807, 2.05) is 24.3 Å². The molecular weight excluding hydrogens is 282 g/mol. The van der Waals surface area contributed by atoms with E-state index in [1.165, 1.54) is 0 Å². The first-order valence-electron chi connectivity index (χ1n) is 5.94. The standard InChI is InChI=1S/C13H18BrNO2/c14-12-3-1-11(2-4-12)13(7-15)17-9-10-5-6-16-8-10/h1-4,10,13H,5-9,15H2. The third kappa shape index (κ3) is 3.78. The summed E-state index contributed by atoms with van der Waals surface area (Å²) in [5, 5.41) is 0. The Bertz CT molecular complexity index is 336. The lowest BCUT2D eigenvalue weighted by molar-refractivity contribution is 0.0302. The summed E-state index contributed by atoms with van der Waals surface area (Å²) in [4.78, 5) is 0. The third-order valence-corrected chi connectivity index (χ3v) is 3.54. The van der Waals surface area contributed by atoms with Crippen molar-refractivity contribution in [3.8, 4) is 0 Å². The quantitative estimate of drug-likeness (QED) is 0.908. The molecule has 1 saturated heterocycles. The number of hydrogen-bond donors (Lipinski definition) is 1. The minimum absolute atomic E-state index is 0.0105. The van der Waals surface area contributed by atoms with Crippen LogP contribution in [0.25, 0.3) is 0 Å². The van der Waals surface area contributed by atoms with Crippen LogP contribution in [0.2, 0.25) is 0 Å². The van der Waals surface area contributed by atoms with Gasteiger partial charge in [-0.3, -0.25) is 0 Å². The first kappa shape index (κ1) is 13.0. The van der Waals surface area contributed by atoms with Crippen molar-refractivity contribution in [1.29, 1.82) is 0 Å². The van der Waals surface area contributed by atoms with Gasteiger partial charge in [-0.1, -0.05) is 28.1 Å². The van der Waals surface area contributed by atoms with E-state index in [4.69, 9.17) is 15.2 Å². The number of halogens is 1. The smallest absolute Gasteiger partial charge is 0.0947 e. The van der Waals surface area contributed by atoms with Crippen molar-refractivity contribution in [2.45, 2.75) is 12.5 Å². The summed E-state index contributed by atoms with van der Waals surface area (Å²) in [5.41, 5.74) is 6.89. The molecule has 4 heteroatoms. The molecule has 2 atom stereocenters. The molecule has 1 aliphatic heterocycles. The summed E-state index contributed by atoms with van der Waals surface area (Å²) < 4.78 is 12.3. The number of hydrogen-bond acceptors (Lipinski definition) is 3. The van der Waals surface area contributed by atoms with E-state index in [-0.39, 0.29) is 6.10 Å². The van der Waals surface area contributed by atoms with Gasteiger partial charge in [0.15, 0.2) is 0 Å². The molecule has 1 aliphatic rings. The van der Waals surface area contributed by atoms with Gasteiger partial charge in [-0.05, 0) is 24.1 Å². The van der Waals surface area contributed by atoms with Gasteiger partial charge >= 0.3 is 0 Å².